The number of carbonyl (C=O) groups is 1. The van der Waals surface area contributed by atoms with Gasteiger partial charge >= 0.3 is 18.4 Å². The first-order valence-electron chi connectivity index (χ1n) is 5.10. The molecule has 1 aliphatic rings. The van der Waals surface area contributed by atoms with Crippen LogP contribution >= 0.6 is 0 Å². The minimum absolute atomic E-state index is 0.0994. The first-order chi connectivity index (χ1) is 8.51. The summed E-state index contributed by atoms with van der Waals surface area (Å²) in [5, 5.41) is 0. The topological polar surface area (TPSA) is 32.8 Å². The molecule has 1 aliphatic heterocycles. The molecule has 4 nitrogen and oxygen atoms in total. The molecule has 0 aliphatic carbocycles. The van der Waals surface area contributed by atoms with E-state index in [0.717, 1.165) is 4.90 Å². The Labute approximate surface area is 105 Å². The Balaban J connectivity index is 2.67. The molecule has 1 rings (SSSR count). The fraction of sp³-hybridized carbons (Fsp3) is 0.875. The minimum atomic E-state index is -5.70. The van der Waals surface area contributed by atoms with Crippen LogP contribution in [0.4, 0.5) is 31.1 Å². The fourth-order valence-corrected chi connectivity index (χ4v) is 1.40. The quantitative estimate of drug-likeness (QED) is 0.539. The second-order valence-electron chi connectivity index (χ2n) is 3.87. The Morgan fingerprint density at radius 3 is 1.79 bits per heavy atom. The zero-order chi connectivity index (χ0) is 14.8. The summed E-state index contributed by atoms with van der Waals surface area (Å²) in [6, 6.07) is 0. The highest BCUT2D eigenvalue weighted by Gasteiger charge is 2.60. The molecule has 0 aromatic heterocycles. The summed E-state index contributed by atoms with van der Waals surface area (Å²) in [6.45, 7) is 0.0745. The number of piperazine rings is 1. The molecule has 0 bridgehead atoms. The number of amides is 1. The van der Waals surface area contributed by atoms with Crippen LogP contribution in [0.2, 0.25) is 0 Å². The third kappa shape index (κ3) is 4.48. The molecule has 0 N–H and O–H groups in total. The standard InChI is InChI=1S/C8H9BF6N2O2/c9-17-3-1-16(2-4-17)6(18)19-5(7(10,11)12)8(13,14)15/h5H,1-4H2. The van der Waals surface area contributed by atoms with Crippen LogP contribution in [-0.2, 0) is 4.74 Å². The third-order valence-electron chi connectivity index (χ3n) is 2.39. The molecule has 0 aromatic rings. The third-order valence-corrected chi connectivity index (χ3v) is 2.39. The predicted molar refractivity (Wildman–Crippen MR) is 51.3 cm³/mol. The zero-order valence-corrected chi connectivity index (χ0v) is 9.46. The first kappa shape index (κ1) is 15.9. The molecule has 2 radical (unpaired) electrons. The maximum absolute atomic E-state index is 12.2. The zero-order valence-electron chi connectivity index (χ0n) is 9.46. The number of carbonyl (C=O) groups excluding carboxylic acids is 1. The lowest BCUT2D eigenvalue weighted by atomic mass is 10.2. The van der Waals surface area contributed by atoms with Crippen LogP contribution in [0.1, 0.15) is 0 Å². The first-order valence-corrected chi connectivity index (χ1v) is 5.10. The Hall–Kier alpha value is -1.13. The molecular formula is C8H9BF6N2O2. The summed E-state index contributed by atoms with van der Waals surface area (Å²) in [6.07, 6.45) is -17.2. The highest BCUT2D eigenvalue weighted by Crippen LogP contribution is 2.36. The number of rotatable bonds is 1. The molecule has 1 saturated heterocycles. The molecule has 1 amide bonds. The van der Waals surface area contributed by atoms with Gasteiger partial charge in [-0.2, -0.15) is 26.3 Å². The molecule has 0 aromatic carbocycles. The van der Waals surface area contributed by atoms with Gasteiger partial charge in [-0.3, -0.25) is 0 Å². The van der Waals surface area contributed by atoms with Crippen molar-refractivity contribution in [1.29, 1.82) is 0 Å². The number of ether oxygens (including phenoxy) is 1. The van der Waals surface area contributed by atoms with Crippen LogP contribution in [0.25, 0.3) is 0 Å². The van der Waals surface area contributed by atoms with Crippen LogP contribution in [0, 0.1) is 0 Å². The summed E-state index contributed by atoms with van der Waals surface area (Å²) >= 11 is 0. The van der Waals surface area contributed by atoms with Crippen molar-refractivity contribution in [3.8, 4) is 0 Å². The number of hydrogen-bond acceptors (Lipinski definition) is 3. The van der Waals surface area contributed by atoms with Gasteiger partial charge in [0.15, 0.2) is 7.98 Å². The van der Waals surface area contributed by atoms with Gasteiger partial charge in [-0.15, -0.1) is 0 Å². The summed E-state index contributed by atoms with van der Waals surface area (Å²) in [7, 11) is 5.33. The second-order valence-corrected chi connectivity index (χ2v) is 3.87. The lowest BCUT2D eigenvalue weighted by Crippen LogP contribution is -2.52. The maximum Gasteiger partial charge on any atom is 0.434 e. The van der Waals surface area contributed by atoms with E-state index in [1.807, 2.05) is 0 Å². The number of hydrogen-bond donors (Lipinski definition) is 0. The van der Waals surface area contributed by atoms with E-state index in [4.69, 9.17) is 7.98 Å². The average Bonchev–Trinajstić information content (AvgIpc) is 2.23. The lowest BCUT2D eigenvalue weighted by Gasteiger charge is -2.33. The summed E-state index contributed by atoms with van der Waals surface area (Å²) in [5.74, 6) is 0. The van der Waals surface area contributed by atoms with E-state index in [1.165, 1.54) is 4.81 Å². The maximum atomic E-state index is 12.2. The van der Waals surface area contributed by atoms with Gasteiger partial charge in [0, 0.05) is 26.2 Å². The van der Waals surface area contributed by atoms with E-state index in [1.54, 1.807) is 0 Å². The normalized spacial score (nSPS) is 18.8. The minimum Gasteiger partial charge on any atom is -0.426 e. The number of alkyl halides is 6. The highest BCUT2D eigenvalue weighted by molar-refractivity contribution is 6.04. The summed E-state index contributed by atoms with van der Waals surface area (Å²) < 4.78 is 76.5. The van der Waals surface area contributed by atoms with Crippen LogP contribution in [0.5, 0.6) is 0 Å². The molecule has 1 heterocycles. The molecule has 0 unspecified atom stereocenters. The molecule has 19 heavy (non-hydrogen) atoms. The van der Waals surface area contributed by atoms with E-state index in [9.17, 15) is 31.1 Å². The molecular weight excluding hydrogens is 281 g/mol. The van der Waals surface area contributed by atoms with Crippen molar-refractivity contribution < 1.29 is 35.9 Å². The van der Waals surface area contributed by atoms with Gasteiger partial charge in [0.1, 0.15) is 0 Å². The largest absolute Gasteiger partial charge is 0.434 e. The van der Waals surface area contributed by atoms with E-state index in [0.29, 0.717) is 0 Å². The van der Waals surface area contributed by atoms with E-state index >= 15 is 0 Å². The van der Waals surface area contributed by atoms with Gasteiger partial charge in [0.25, 0.3) is 6.10 Å². The second kappa shape index (κ2) is 5.47. The van der Waals surface area contributed by atoms with Gasteiger partial charge in [-0.25, -0.2) is 4.79 Å². The Morgan fingerprint density at radius 2 is 1.42 bits per heavy atom. The van der Waals surface area contributed by atoms with Crippen molar-refractivity contribution in [3.05, 3.63) is 0 Å². The smallest absolute Gasteiger partial charge is 0.426 e. The van der Waals surface area contributed by atoms with Crippen LogP contribution in [0.15, 0.2) is 0 Å². The molecule has 108 valence electrons. The number of halogens is 6. The molecule has 0 saturated carbocycles. The van der Waals surface area contributed by atoms with Gasteiger partial charge in [0.2, 0.25) is 0 Å². The highest BCUT2D eigenvalue weighted by atomic mass is 19.4. The van der Waals surface area contributed by atoms with E-state index in [2.05, 4.69) is 4.74 Å². The predicted octanol–water partition coefficient (Wildman–Crippen LogP) is 1.32. The van der Waals surface area contributed by atoms with Crippen molar-refractivity contribution in [3.63, 3.8) is 0 Å². The Kier molecular flexibility index (Phi) is 4.59. The van der Waals surface area contributed by atoms with Gasteiger partial charge in [0.05, 0.1) is 0 Å². The van der Waals surface area contributed by atoms with Crippen molar-refractivity contribution in [2.75, 3.05) is 26.2 Å². The van der Waals surface area contributed by atoms with E-state index in [-0.39, 0.29) is 26.2 Å². The monoisotopic (exact) mass is 290 g/mol. The molecule has 11 heteroatoms. The van der Waals surface area contributed by atoms with Crippen LogP contribution in [0.3, 0.4) is 0 Å². The van der Waals surface area contributed by atoms with Gasteiger partial charge < -0.3 is 14.4 Å². The fourth-order valence-electron chi connectivity index (χ4n) is 1.40. The van der Waals surface area contributed by atoms with E-state index < -0.39 is 24.5 Å². The van der Waals surface area contributed by atoms with Crippen LogP contribution < -0.4 is 0 Å². The molecule has 0 atom stereocenters. The summed E-state index contributed by atoms with van der Waals surface area (Å²) in [4.78, 5) is 13.3. The Morgan fingerprint density at radius 1 is 1.00 bits per heavy atom. The van der Waals surface area contributed by atoms with Crippen molar-refractivity contribution in [2.45, 2.75) is 18.5 Å². The average molecular weight is 290 g/mol. The Bertz CT molecular complexity index is 312. The van der Waals surface area contributed by atoms with Crippen LogP contribution in [-0.4, -0.2) is 68.4 Å². The van der Waals surface area contributed by atoms with Gasteiger partial charge in [-0.05, 0) is 0 Å². The molecule has 0 spiro atoms. The lowest BCUT2D eigenvalue weighted by molar-refractivity contribution is -0.308. The summed E-state index contributed by atoms with van der Waals surface area (Å²) in [5.41, 5.74) is 0. The van der Waals surface area contributed by atoms with Gasteiger partial charge in [-0.1, -0.05) is 0 Å². The van der Waals surface area contributed by atoms with Crippen molar-refractivity contribution >= 4 is 14.1 Å². The van der Waals surface area contributed by atoms with Crippen molar-refractivity contribution in [2.24, 2.45) is 0 Å². The van der Waals surface area contributed by atoms with Crippen molar-refractivity contribution in [1.82, 2.24) is 9.71 Å². The number of nitrogens with zero attached hydrogens (tertiary/aromatic N) is 2. The molecule has 1 fully saturated rings. The SMILES string of the molecule is [B]N1CCN(C(=O)OC(C(F)(F)F)C(F)(F)F)CC1.